The summed E-state index contributed by atoms with van der Waals surface area (Å²) in [6, 6.07) is 19.2. The van der Waals surface area contributed by atoms with E-state index in [4.69, 9.17) is 4.52 Å². The molecule has 0 radical (unpaired) electrons. The first kappa shape index (κ1) is 18.7. The van der Waals surface area contributed by atoms with Crippen LogP contribution in [0.1, 0.15) is 42.1 Å². The molecule has 1 saturated heterocycles. The third-order valence-electron chi connectivity index (χ3n) is 5.23. The minimum atomic E-state index is 0.648. The van der Waals surface area contributed by atoms with Gasteiger partial charge in [-0.05, 0) is 49.6 Å². The Labute approximate surface area is 167 Å². The van der Waals surface area contributed by atoms with Crippen molar-refractivity contribution in [2.75, 3.05) is 25.0 Å². The summed E-state index contributed by atoms with van der Waals surface area (Å²) in [7, 11) is 2.08. The minimum Gasteiger partial charge on any atom is -0.372 e. The second kappa shape index (κ2) is 9.02. The largest absolute Gasteiger partial charge is 0.372 e. The number of piperidine rings is 1. The van der Waals surface area contributed by atoms with E-state index in [-0.39, 0.29) is 0 Å². The molecule has 0 aliphatic carbocycles. The van der Waals surface area contributed by atoms with Crippen molar-refractivity contribution in [2.45, 2.75) is 38.8 Å². The highest BCUT2D eigenvalue weighted by molar-refractivity contribution is 5.47. The normalized spacial score (nSPS) is 14.6. The standard InChI is InChI=1S/C23H28N4O/c1-26(17-20-10-12-21(13-11-20)27-14-6-3-7-15-27)18-23-24-22(25-28-23)16-19-8-4-2-5-9-19/h2,4-5,8-13H,3,6-7,14-18H2,1H3. The Kier molecular flexibility index (Phi) is 6.02. The monoisotopic (exact) mass is 376 g/mol. The van der Waals surface area contributed by atoms with E-state index in [0.29, 0.717) is 18.9 Å². The van der Waals surface area contributed by atoms with Gasteiger partial charge in [0, 0.05) is 31.7 Å². The first-order valence-corrected chi connectivity index (χ1v) is 10.1. The Morgan fingerprint density at radius 2 is 1.64 bits per heavy atom. The quantitative estimate of drug-likeness (QED) is 0.616. The first-order valence-electron chi connectivity index (χ1n) is 10.1. The van der Waals surface area contributed by atoms with Crippen LogP contribution in [0.25, 0.3) is 0 Å². The van der Waals surface area contributed by atoms with E-state index < -0.39 is 0 Å². The van der Waals surface area contributed by atoms with Crippen molar-refractivity contribution in [3.8, 4) is 0 Å². The lowest BCUT2D eigenvalue weighted by Gasteiger charge is -2.29. The summed E-state index contributed by atoms with van der Waals surface area (Å²) >= 11 is 0. The Bertz CT molecular complexity index is 854. The van der Waals surface area contributed by atoms with Gasteiger partial charge in [-0.25, -0.2) is 0 Å². The molecule has 146 valence electrons. The Balaban J connectivity index is 1.30. The van der Waals surface area contributed by atoms with Crippen molar-refractivity contribution in [3.63, 3.8) is 0 Å². The van der Waals surface area contributed by atoms with Gasteiger partial charge in [0.1, 0.15) is 0 Å². The third-order valence-corrected chi connectivity index (χ3v) is 5.23. The maximum Gasteiger partial charge on any atom is 0.240 e. The molecule has 0 bridgehead atoms. The zero-order chi connectivity index (χ0) is 19.2. The molecule has 0 saturated carbocycles. The van der Waals surface area contributed by atoms with Gasteiger partial charge in [0.2, 0.25) is 5.89 Å². The maximum atomic E-state index is 5.43. The fraction of sp³-hybridized carbons (Fsp3) is 0.391. The number of rotatable bonds is 7. The lowest BCUT2D eigenvalue weighted by atomic mass is 10.1. The van der Waals surface area contributed by atoms with Crippen LogP contribution in [0.5, 0.6) is 0 Å². The number of anilines is 1. The summed E-state index contributed by atoms with van der Waals surface area (Å²) in [6.07, 6.45) is 4.68. The zero-order valence-electron chi connectivity index (χ0n) is 16.6. The molecule has 3 aromatic rings. The molecular formula is C23H28N4O. The molecular weight excluding hydrogens is 348 g/mol. The van der Waals surface area contributed by atoms with Crippen molar-refractivity contribution in [1.82, 2.24) is 15.0 Å². The number of aromatic nitrogens is 2. The number of hydrogen-bond donors (Lipinski definition) is 0. The predicted molar refractivity (Wildman–Crippen MR) is 111 cm³/mol. The van der Waals surface area contributed by atoms with Crippen LogP contribution in [0.3, 0.4) is 0 Å². The maximum absolute atomic E-state index is 5.43. The molecule has 28 heavy (non-hydrogen) atoms. The lowest BCUT2D eigenvalue weighted by molar-refractivity contribution is 0.260. The van der Waals surface area contributed by atoms with Crippen molar-refractivity contribution >= 4 is 5.69 Å². The van der Waals surface area contributed by atoms with E-state index in [0.717, 1.165) is 12.4 Å². The van der Waals surface area contributed by atoms with Gasteiger partial charge in [-0.15, -0.1) is 0 Å². The summed E-state index contributed by atoms with van der Waals surface area (Å²) in [5, 5.41) is 4.12. The molecule has 0 unspecified atom stereocenters. The smallest absolute Gasteiger partial charge is 0.240 e. The summed E-state index contributed by atoms with van der Waals surface area (Å²) in [4.78, 5) is 9.23. The molecule has 5 nitrogen and oxygen atoms in total. The molecule has 1 aliphatic rings. The van der Waals surface area contributed by atoms with E-state index >= 15 is 0 Å². The molecule has 1 aromatic heterocycles. The highest BCUT2D eigenvalue weighted by Crippen LogP contribution is 2.20. The summed E-state index contributed by atoms with van der Waals surface area (Å²) < 4.78 is 5.43. The van der Waals surface area contributed by atoms with E-state index in [1.54, 1.807) is 0 Å². The third kappa shape index (κ3) is 4.98. The van der Waals surface area contributed by atoms with Gasteiger partial charge in [-0.2, -0.15) is 4.98 Å². The van der Waals surface area contributed by atoms with Gasteiger partial charge < -0.3 is 9.42 Å². The average molecular weight is 377 g/mol. The Morgan fingerprint density at radius 1 is 0.893 bits per heavy atom. The highest BCUT2D eigenvalue weighted by atomic mass is 16.5. The lowest BCUT2D eigenvalue weighted by Crippen LogP contribution is -2.29. The highest BCUT2D eigenvalue weighted by Gasteiger charge is 2.12. The van der Waals surface area contributed by atoms with Gasteiger partial charge in [0.15, 0.2) is 5.82 Å². The summed E-state index contributed by atoms with van der Waals surface area (Å²) in [5.74, 6) is 1.40. The summed E-state index contributed by atoms with van der Waals surface area (Å²) in [6.45, 7) is 3.87. The fourth-order valence-electron chi connectivity index (χ4n) is 3.77. The van der Waals surface area contributed by atoms with E-state index in [1.807, 2.05) is 18.2 Å². The molecule has 0 N–H and O–H groups in total. The van der Waals surface area contributed by atoms with Crippen LogP contribution in [0.4, 0.5) is 5.69 Å². The molecule has 5 heteroatoms. The number of nitrogens with zero attached hydrogens (tertiary/aromatic N) is 4. The SMILES string of the molecule is CN(Cc1ccc(N2CCCCC2)cc1)Cc1nc(Cc2ccccc2)no1. The molecule has 2 aromatic carbocycles. The topological polar surface area (TPSA) is 45.4 Å². The van der Waals surface area contributed by atoms with Crippen LogP contribution >= 0.6 is 0 Å². The Morgan fingerprint density at radius 3 is 2.39 bits per heavy atom. The van der Waals surface area contributed by atoms with Gasteiger partial charge in [-0.3, -0.25) is 4.90 Å². The van der Waals surface area contributed by atoms with Crippen LogP contribution in [-0.4, -0.2) is 35.2 Å². The summed E-state index contributed by atoms with van der Waals surface area (Å²) in [5.41, 5.74) is 3.83. The Hall–Kier alpha value is -2.66. The van der Waals surface area contributed by atoms with Gasteiger partial charge >= 0.3 is 0 Å². The van der Waals surface area contributed by atoms with Crippen LogP contribution in [-0.2, 0) is 19.5 Å². The van der Waals surface area contributed by atoms with Gasteiger partial charge in [0.05, 0.1) is 6.54 Å². The predicted octanol–water partition coefficient (Wildman–Crippen LogP) is 4.28. The van der Waals surface area contributed by atoms with Crippen molar-refractivity contribution in [1.29, 1.82) is 0 Å². The van der Waals surface area contributed by atoms with E-state index in [9.17, 15) is 0 Å². The molecule has 0 atom stereocenters. The second-order valence-electron chi connectivity index (χ2n) is 7.65. The molecule has 0 spiro atoms. The van der Waals surface area contributed by atoms with Gasteiger partial charge in [0.25, 0.3) is 0 Å². The molecule has 2 heterocycles. The van der Waals surface area contributed by atoms with E-state index in [1.165, 1.54) is 49.2 Å². The molecule has 1 fully saturated rings. The average Bonchev–Trinajstić information content (AvgIpc) is 3.16. The number of hydrogen-bond acceptors (Lipinski definition) is 5. The van der Waals surface area contributed by atoms with Crippen LogP contribution < -0.4 is 4.90 Å². The zero-order valence-corrected chi connectivity index (χ0v) is 16.6. The van der Waals surface area contributed by atoms with Crippen molar-refractivity contribution in [2.24, 2.45) is 0 Å². The van der Waals surface area contributed by atoms with E-state index in [2.05, 4.69) is 63.4 Å². The molecule has 4 rings (SSSR count). The van der Waals surface area contributed by atoms with Crippen molar-refractivity contribution < 1.29 is 4.52 Å². The fourth-order valence-corrected chi connectivity index (χ4v) is 3.77. The van der Waals surface area contributed by atoms with Crippen LogP contribution in [0.15, 0.2) is 59.1 Å². The van der Waals surface area contributed by atoms with Crippen LogP contribution in [0, 0.1) is 0 Å². The van der Waals surface area contributed by atoms with Gasteiger partial charge in [-0.1, -0.05) is 47.6 Å². The minimum absolute atomic E-state index is 0.648. The second-order valence-corrected chi connectivity index (χ2v) is 7.65. The molecule has 1 aliphatic heterocycles. The molecule has 0 amide bonds. The van der Waals surface area contributed by atoms with Crippen LogP contribution in [0.2, 0.25) is 0 Å². The van der Waals surface area contributed by atoms with Crippen molar-refractivity contribution in [3.05, 3.63) is 77.4 Å². The first-order chi connectivity index (χ1) is 13.8. The number of benzene rings is 2.